The van der Waals surface area contributed by atoms with Crippen molar-refractivity contribution in [1.29, 1.82) is 0 Å². The standard InChI is InChI=1S/C15H16FNO2S/c1-12(13-5-3-2-4-6-13)11-17-20(18,19)15-9-7-14(16)8-10-15/h2-10,12,17H,11H2,1H3/t12-/m1/s1. The molecule has 106 valence electrons. The van der Waals surface area contributed by atoms with E-state index in [0.717, 1.165) is 17.7 Å². The largest absolute Gasteiger partial charge is 0.240 e. The van der Waals surface area contributed by atoms with Crippen LogP contribution < -0.4 is 4.72 Å². The summed E-state index contributed by atoms with van der Waals surface area (Å²) in [6, 6.07) is 14.4. The van der Waals surface area contributed by atoms with Gasteiger partial charge in [-0.15, -0.1) is 0 Å². The van der Waals surface area contributed by atoms with E-state index in [0.29, 0.717) is 6.54 Å². The number of benzene rings is 2. The van der Waals surface area contributed by atoms with Gasteiger partial charge in [-0.25, -0.2) is 17.5 Å². The Bertz CT molecular complexity index is 654. The average molecular weight is 293 g/mol. The van der Waals surface area contributed by atoms with Crippen molar-refractivity contribution in [3.63, 3.8) is 0 Å². The molecule has 0 spiro atoms. The van der Waals surface area contributed by atoms with Gasteiger partial charge in [-0.1, -0.05) is 37.3 Å². The number of rotatable bonds is 5. The minimum absolute atomic E-state index is 0.0615. The van der Waals surface area contributed by atoms with Crippen LogP contribution in [0.1, 0.15) is 18.4 Å². The first-order chi connectivity index (χ1) is 9.49. The van der Waals surface area contributed by atoms with Crippen LogP contribution in [0, 0.1) is 5.82 Å². The lowest BCUT2D eigenvalue weighted by atomic mass is 10.0. The van der Waals surface area contributed by atoms with E-state index in [2.05, 4.69) is 4.72 Å². The third-order valence-corrected chi connectivity index (χ3v) is 4.51. The highest BCUT2D eigenvalue weighted by molar-refractivity contribution is 7.89. The van der Waals surface area contributed by atoms with Gasteiger partial charge in [-0.05, 0) is 35.7 Å². The smallest absolute Gasteiger partial charge is 0.211 e. The zero-order chi connectivity index (χ0) is 14.6. The van der Waals surface area contributed by atoms with Gasteiger partial charge in [0.1, 0.15) is 5.82 Å². The Hall–Kier alpha value is -1.72. The first kappa shape index (κ1) is 14.7. The summed E-state index contributed by atoms with van der Waals surface area (Å²) in [4.78, 5) is 0.0687. The number of nitrogens with one attached hydrogen (secondary N) is 1. The lowest BCUT2D eigenvalue weighted by molar-refractivity contribution is 0.574. The zero-order valence-electron chi connectivity index (χ0n) is 11.1. The van der Waals surface area contributed by atoms with Crippen LogP contribution in [0.5, 0.6) is 0 Å². The van der Waals surface area contributed by atoms with Crippen molar-refractivity contribution >= 4 is 10.0 Å². The summed E-state index contributed by atoms with van der Waals surface area (Å²) in [5.74, 6) is -0.395. The fraction of sp³-hybridized carbons (Fsp3) is 0.200. The topological polar surface area (TPSA) is 46.2 Å². The van der Waals surface area contributed by atoms with Crippen molar-refractivity contribution < 1.29 is 12.8 Å². The number of hydrogen-bond donors (Lipinski definition) is 1. The normalized spacial score (nSPS) is 13.1. The van der Waals surface area contributed by atoms with Gasteiger partial charge >= 0.3 is 0 Å². The Labute approximate surface area is 118 Å². The maximum atomic E-state index is 12.8. The molecule has 0 fully saturated rings. The highest BCUT2D eigenvalue weighted by Gasteiger charge is 2.15. The predicted molar refractivity (Wildman–Crippen MR) is 76.4 cm³/mol. The summed E-state index contributed by atoms with van der Waals surface area (Å²) in [5.41, 5.74) is 1.06. The maximum Gasteiger partial charge on any atom is 0.240 e. The van der Waals surface area contributed by atoms with Gasteiger partial charge in [0.15, 0.2) is 0 Å². The molecule has 0 radical (unpaired) electrons. The van der Waals surface area contributed by atoms with Crippen molar-refractivity contribution in [2.45, 2.75) is 17.7 Å². The molecule has 2 rings (SSSR count). The van der Waals surface area contributed by atoms with Crippen LogP contribution in [0.2, 0.25) is 0 Å². The van der Waals surface area contributed by atoms with Crippen molar-refractivity contribution in [2.24, 2.45) is 0 Å². The van der Waals surface area contributed by atoms with Crippen LogP contribution in [0.3, 0.4) is 0 Å². The van der Waals surface area contributed by atoms with Crippen LogP contribution in [0.4, 0.5) is 4.39 Å². The van der Waals surface area contributed by atoms with Crippen LogP contribution in [0.15, 0.2) is 59.5 Å². The van der Waals surface area contributed by atoms with E-state index in [4.69, 9.17) is 0 Å². The highest BCUT2D eigenvalue weighted by atomic mass is 32.2. The number of halogens is 1. The fourth-order valence-electron chi connectivity index (χ4n) is 1.83. The van der Waals surface area contributed by atoms with E-state index < -0.39 is 15.8 Å². The minimum Gasteiger partial charge on any atom is -0.211 e. The van der Waals surface area contributed by atoms with Crippen molar-refractivity contribution in [3.8, 4) is 0 Å². The fourth-order valence-corrected chi connectivity index (χ4v) is 2.96. The van der Waals surface area contributed by atoms with Gasteiger partial charge in [-0.3, -0.25) is 0 Å². The molecule has 0 aliphatic carbocycles. The van der Waals surface area contributed by atoms with Crippen LogP contribution in [-0.2, 0) is 10.0 Å². The third kappa shape index (κ3) is 3.65. The summed E-state index contributed by atoms with van der Waals surface area (Å²) in [7, 11) is -3.60. The van der Waals surface area contributed by atoms with E-state index in [1.807, 2.05) is 37.3 Å². The lowest BCUT2D eigenvalue weighted by Crippen LogP contribution is -2.27. The predicted octanol–water partition coefficient (Wildman–Crippen LogP) is 2.91. The molecule has 0 aliphatic heterocycles. The third-order valence-electron chi connectivity index (χ3n) is 3.07. The summed E-state index contributed by atoms with van der Waals surface area (Å²) >= 11 is 0. The zero-order valence-corrected chi connectivity index (χ0v) is 11.9. The Morgan fingerprint density at radius 1 is 1.05 bits per heavy atom. The summed E-state index contributed by atoms with van der Waals surface area (Å²) in [6.45, 7) is 2.24. The summed E-state index contributed by atoms with van der Waals surface area (Å²) < 4.78 is 39.4. The summed E-state index contributed by atoms with van der Waals surface area (Å²) in [6.07, 6.45) is 0. The monoisotopic (exact) mass is 293 g/mol. The van der Waals surface area contributed by atoms with E-state index in [1.165, 1.54) is 12.1 Å². The quantitative estimate of drug-likeness (QED) is 0.921. The van der Waals surface area contributed by atoms with Gasteiger partial charge in [0, 0.05) is 6.54 Å². The van der Waals surface area contributed by atoms with Gasteiger partial charge in [-0.2, -0.15) is 0 Å². The molecule has 0 saturated heterocycles. The SMILES string of the molecule is C[C@H](CNS(=O)(=O)c1ccc(F)cc1)c1ccccc1. The molecule has 2 aromatic carbocycles. The van der Waals surface area contributed by atoms with E-state index in [1.54, 1.807) is 0 Å². The Balaban J connectivity index is 2.04. The van der Waals surface area contributed by atoms with Crippen LogP contribution in [0.25, 0.3) is 0 Å². The van der Waals surface area contributed by atoms with Crippen LogP contribution >= 0.6 is 0 Å². The number of hydrogen-bond acceptors (Lipinski definition) is 2. The Morgan fingerprint density at radius 2 is 1.65 bits per heavy atom. The molecule has 0 aliphatic rings. The minimum atomic E-state index is -3.60. The first-order valence-corrected chi connectivity index (χ1v) is 7.77. The van der Waals surface area contributed by atoms with Crippen molar-refractivity contribution in [1.82, 2.24) is 4.72 Å². The van der Waals surface area contributed by atoms with Gasteiger partial charge in [0.25, 0.3) is 0 Å². The maximum absolute atomic E-state index is 12.8. The van der Waals surface area contributed by atoms with E-state index in [-0.39, 0.29) is 10.8 Å². The van der Waals surface area contributed by atoms with E-state index in [9.17, 15) is 12.8 Å². The molecule has 0 heterocycles. The first-order valence-electron chi connectivity index (χ1n) is 6.29. The van der Waals surface area contributed by atoms with Crippen LogP contribution in [-0.4, -0.2) is 15.0 Å². The molecule has 1 N–H and O–H groups in total. The molecule has 5 heteroatoms. The Kier molecular flexibility index (Phi) is 4.52. The Morgan fingerprint density at radius 3 is 2.25 bits per heavy atom. The molecule has 20 heavy (non-hydrogen) atoms. The molecular weight excluding hydrogens is 277 g/mol. The molecule has 0 saturated carbocycles. The molecule has 0 unspecified atom stereocenters. The highest BCUT2D eigenvalue weighted by Crippen LogP contribution is 2.15. The van der Waals surface area contributed by atoms with Gasteiger partial charge in [0.05, 0.1) is 4.90 Å². The molecule has 0 aromatic heterocycles. The molecular formula is C15H16FNO2S. The molecule has 2 aromatic rings. The molecule has 0 bridgehead atoms. The second-order valence-electron chi connectivity index (χ2n) is 4.62. The summed E-state index contributed by atoms with van der Waals surface area (Å²) in [5, 5.41) is 0. The average Bonchev–Trinajstić information content (AvgIpc) is 2.46. The van der Waals surface area contributed by atoms with Gasteiger partial charge in [0.2, 0.25) is 10.0 Å². The van der Waals surface area contributed by atoms with Gasteiger partial charge < -0.3 is 0 Å². The second kappa shape index (κ2) is 6.15. The number of sulfonamides is 1. The molecule has 3 nitrogen and oxygen atoms in total. The van der Waals surface area contributed by atoms with E-state index >= 15 is 0 Å². The van der Waals surface area contributed by atoms with Crippen molar-refractivity contribution in [3.05, 3.63) is 66.0 Å². The van der Waals surface area contributed by atoms with Crippen molar-refractivity contribution in [2.75, 3.05) is 6.54 Å². The molecule has 1 atom stereocenters. The second-order valence-corrected chi connectivity index (χ2v) is 6.38. The lowest BCUT2D eigenvalue weighted by Gasteiger charge is -2.13. The molecule has 0 amide bonds.